The topological polar surface area (TPSA) is 62.1 Å². The van der Waals surface area contributed by atoms with Gasteiger partial charge in [-0.1, -0.05) is 6.07 Å². The van der Waals surface area contributed by atoms with Gasteiger partial charge >= 0.3 is 0 Å². The molecule has 5 heteroatoms. The number of amides is 1. The van der Waals surface area contributed by atoms with Gasteiger partial charge in [0.2, 0.25) is 0 Å². The van der Waals surface area contributed by atoms with Gasteiger partial charge in [-0.2, -0.15) is 5.26 Å². The fourth-order valence-corrected chi connectivity index (χ4v) is 2.26. The third-order valence-corrected chi connectivity index (χ3v) is 3.64. The number of rotatable bonds is 4. The van der Waals surface area contributed by atoms with Crippen LogP contribution in [0.25, 0.3) is 0 Å². The number of nitrogens with one attached hydrogen (secondary N) is 1. The van der Waals surface area contributed by atoms with Crippen molar-refractivity contribution in [2.45, 2.75) is 4.90 Å². The van der Waals surface area contributed by atoms with Gasteiger partial charge in [0.05, 0.1) is 24.4 Å². The summed E-state index contributed by atoms with van der Waals surface area (Å²) in [5, 5.41) is 11.7. The van der Waals surface area contributed by atoms with Gasteiger partial charge in [0.25, 0.3) is 5.91 Å². The molecular formula is C16H14N2O2S. The van der Waals surface area contributed by atoms with E-state index < -0.39 is 0 Å². The molecule has 4 nitrogen and oxygen atoms in total. The van der Waals surface area contributed by atoms with Crippen LogP contribution in [0.3, 0.4) is 0 Å². The monoisotopic (exact) mass is 298 g/mol. The fraction of sp³-hybridized carbons (Fsp3) is 0.125. The minimum Gasteiger partial charge on any atom is -0.495 e. The van der Waals surface area contributed by atoms with Crippen LogP contribution in [0.15, 0.2) is 47.4 Å². The third kappa shape index (κ3) is 3.56. The van der Waals surface area contributed by atoms with Crippen LogP contribution in [-0.4, -0.2) is 19.3 Å². The highest BCUT2D eigenvalue weighted by atomic mass is 32.2. The van der Waals surface area contributed by atoms with Gasteiger partial charge in [-0.15, -0.1) is 11.8 Å². The summed E-state index contributed by atoms with van der Waals surface area (Å²) in [6.07, 6.45) is 1.97. The van der Waals surface area contributed by atoms with Crippen molar-refractivity contribution in [2.75, 3.05) is 18.7 Å². The van der Waals surface area contributed by atoms with Gasteiger partial charge in [0.1, 0.15) is 5.75 Å². The lowest BCUT2D eigenvalue weighted by Crippen LogP contribution is -2.12. The van der Waals surface area contributed by atoms with Crippen LogP contribution >= 0.6 is 11.8 Å². The smallest absolute Gasteiger partial charge is 0.255 e. The van der Waals surface area contributed by atoms with Gasteiger partial charge in [-0.25, -0.2) is 0 Å². The normalized spacial score (nSPS) is 9.76. The molecule has 0 saturated carbocycles. The van der Waals surface area contributed by atoms with Gasteiger partial charge in [0.15, 0.2) is 0 Å². The molecule has 0 aromatic heterocycles. The molecule has 0 spiro atoms. The van der Waals surface area contributed by atoms with Crippen molar-refractivity contribution in [1.82, 2.24) is 0 Å². The molecule has 0 saturated heterocycles. The summed E-state index contributed by atoms with van der Waals surface area (Å²) < 4.78 is 5.29. The average molecular weight is 298 g/mol. The van der Waals surface area contributed by atoms with Crippen LogP contribution < -0.4 is 10.1 Å². The number of methoxy groups -OCH3 is 1. The molecule has 0 heterocycles. The number of nitrogens with zero attached hydrogens (tertiary/aromatic N) is 1. The molecule has 0 atom stereocenters. The zero-order valence-corrected chi connectivity index (χ0v) is 12.5. The maximum atomic E-state index is 12.2. The van der Waals surface area contributed by atoms with Crippen LogP contribution in [0, 0.1) is 11.3 Å². The van der Waals surface area contributed by atoms with Crippen molar-refractivity contribution in [2.24, 2.45) is 0 Å². The third-order valence-electron chi connectivity index (χ3n) is 2.91. The first kappa shape index (κ1) is 14.9. The van der Waals surface area contributed by atoms with Crippen LogP contribution in [0.5, 0.6) is 5.75 Å². The first-order valence-electron chi connectivity index (χ1n) is 6.21. The number of hydrogen-bond acceptors (Lipinski definition) is 4. The summed E-state index contributed by atoms with van der Waals surface area (Å²) in [6.45, 7) is 0. The Morgan fingerprint density at radius 3 is 2.76 bits per heavy atom. The number of carbonyl (C=O) groups is 1. The Bertz CT molecular complexity index is 708. The highest BCUT2D eigenvalue weighted by Gasteiger charge is 2.10. The largest absolute Gasteiger partial charge is 0.495 e. The second-order valence-corrected chi connectivity index (χ2v) is 5.09. The minimum atomic E-state index is -0.276. The zero-order valence-electron chi connectivity index (χ0n) is 11.7. The van der Waals surface area contributed by atoms with Crippen LogP contribution in [-0.2, 0) is 0 Å². The molecule has 0 fully saturated rings. The van der Waals surface area contributed by atoms with Crippen molar-refractivity contribution in [3.05, 3.63) is 53.6 Å². The Balaban J connectivity index is 2.25. The first-order chi connectivity index (χ1) is 10.2. The van der Waals surface area contributed by atoms with Crippen molar-refractivity contribution < 1.29 is 9.53 Å². The minimum absolute atomic E-state index is 0.276. The molecule has 1 amide bonds. The summed E-state index contributed by atoms with van der Waals surface area (Å²) in [5.74, 6) is 0.328. The van der Waals surface area contributed by atoms with E-state index >= 15 is 0 Å². The summed E-state index contributed by atoms with van der Waals surface area (Å²) in [6, 6.07) is 14.2. The van der Waals surface area contributed by atoms with Crippen LogP contribution in [0.1, 0.15) is 15.9 Å². The number of anilines is 1. The zero-order chi connectivity index (χ0) is 15.2. The Hall–Kier alpha value is -2.45. The number of hydrogen-bond donors (Lipinski definition) is 1. The number of carbonyl (C=O) groups excluding carboxylic acids is 1. The van der Waals surface area contributed by atoms with Crippen molar-refractivity contribution in [3.63, 3.8) is 0 Å². The summed E-state index contributed by atoms with van der Waals surface area (Å²) in [5.41, 5.74) is 1.49. The van der Waals surface area contributed by atoms with Gasteiger partial charge in [-0.3, -0.25) is 4.79 Å². The van der Waals surface area contributed by atoms with Gasteiger partial charge in [-0.05, 0) is 42.7 Å². The molecule has 2 aromatic rings. The van der Waals surface area contributed by atoms with E-state index in [1.165, 1.54) is 0 Å². The molecule has 2 aromatic carbocycles. The highest BCUT2D eigenvalue weighted by molar-refractivity contribution is 7.98. The lowest BCUT2D eigenvalue weighted by molar-refractivity contribution is 0.102. The van der Waals surface area contributed by atoms with Gasteiger partial charge < -0.3 is 10.1 Å². The average Bonchev–Trinajstić information content (AvgIpc) is 2.55. The molecule has 21 heavy (non-hydrogen) atoms. The Labute approximate surface area is 127 Å². The Morgan fingerprint density at radius 2 is 2.10 bits per heavy atom. The number of thioether (sulfide) groups is 1. The highest BCUT2D eigenvalue weighted by Crippen LogP contribution is 2.29. The second kappa shape index (κ2) is 6.82. The van der Waals surface area contributed by atoms with E-state index in [1.54, 1.807) is 49.2 Å². The molecule has 0 unspecified atom stereocenters. The van der Waals surface area contributed by atoms with E-state index in [-0.39, 0.29) is 5.91 Å². The van der Waals surface area contributed by atoms with Crippen LogP contribution in [0.4, 0.5) is 5.69 Å². The quantitative estimate of drug-likeness (QED) is 0.877. The molecular weight excluding hydrogens is 284 g/mol. The Kier molecular flexibility index (Phi) is 4.85. The van der Waals surface area contributed by atoms with Crippen molar-refractivity contribution in [1.29, 1.82) is 5.26 Å². The maximum absolute atomic E-state index is 12.2. The van der Waals surface area contributed by atoms with E-state index in [9.17, 15) is 4.79 Å². The van der Waals surface area contributed by atoms with E-state index in [0.717, 1.165) is 4.90 Å². The number of nitriles is 1. The van der Waals surface area contributed by atoms with E-state index in [1.807, 2.05) is 24.5 Å². The lowest BCUT2D eigenvalue weighted by Gasteiger charge is -2.11. The number of ether oxygens (including phenoxy) is 1. The predicted octanol–water partition coefficient (Wildman–Crippen LogP) is 3.54. The molecule has 0 aliphatic carbocycles. The molecule has 0 radical (unpaired) electrons. The van der Waals surface area contributed by atoms with Gasteiger partial charge in [0, 0.05) is 10.5 Å². The molecule has 0 aliphatic heterocycles. The van der Waals surface area contributed by atoms with E-state index in [2.05, 4.69) is 5.32 Å². The molecule has 106 valence electrons. The molecule has 1 N–H and O–H groups in total. The predicted molar refractivity (Wildman–Crippen MR) is 83.9 cm³/mol. The SMILES string of the molecule is COc1cc(SC)ccc1NC(=O)c1cccc(C#N)c1. The molecule has 0 bridgehead atoms. The van der Waals surface area contributed by atoms with Crippen LogP contribution in [0.2, 0.25) is 0 Å². The Morgan fingerprint density at radius 1 is 1.29 bits per heavy atom. The van der Waals surface area contributed by atoms with Crippen molar-refractivity contribution >= 4 is 23.4 Å². The van der Waals surface area contributed by atoms with E-state index in [0.29, 0.717) is 22.6 Å². The number of benzene rings is 2. The second-order valence-electron chi connectivity index (χ2n) is 4.21. The summed E-state index contributed by atoms with van der Waals surface area (Å²) >= 11 is 1.60. The van der Waals surface area contributed by atoms with E-state index in [4.69, 9.17) is 10.00 Å². The fourth-order valence-electron chi connectivity index (χ4n) is 1.83. The molecule has 0 aliphatic rings. The summed E-state index contributed by atoms with van der Waals surface area (Å²) in [7, 11) is 1.56. The summed E-state index contributed by atoms with van der Waals surface area (Å²) in [4.78, 5) is 13.3. The van der Waals surface area contributed by atoms with Crippen molar-refractivity contribution in [3.8, 4) is 11.8 Å². The molecule has 2 rings (SSSR count). The standard InChI is InChI=1S/C16H14N2O2S/c1-20-15-9-13(21-2)6-7-14(15)18-16(19)12-5-3-4-11(8-12)10-17/h3-9H,1-2H3,(H,18,19). The lowest BCUT2D eigenvalue weighted by atomic mass is 10.1. The maximum Gasteiger partial charge on any atom is 0.255 e. The first-order valence-corrected chi connectivity index (χ1v) is 7.44.